The van der Waals surface area contributed by atoms with Gasteiger partial charge < -0.3 is 5.73 Å². The van der Waals surface area contributed by atoms with Crippen LogP contribution in [-0.2, 0) is 0 Å². The van der Waals surface area contributed by atoms with Gasteiger partial charge in [-0.3, -0.25) is 0 Å². The van der Waals surface area contributed by atoms with Crippen molar-refractivity contribution in [3.63, 3.8) is 0 Å². The van der Waals surface area contributed by atoms with Crippen LogP contribution >= 0.6 is 0 Å². The average molecular weight is 143 g/mol. The second-order valence-corrected chi connectivity index (χ2v) is 2.38. The summed E-state index contributed by atoms with van der Waals surface area (Å²) in [5.74, 6) is 0.340. The van der Waals surface area contributed by atoms with Gasteiger partial charge in [0.25, 0.3) is 0 Å². The Kier molecular flexibility index (Phi) is 3.46. The van der Waals surface area contributed by atoms with Gasteiger partial charge in [0.15, 0.2) is 0 Å². The third kappa shape index (κ3) is 3.88. The lowest BCUT2D eigenvalue weighted by Gasteiger charge is -2.01. The van der Waals surface area contributed by atoms with Crippen LogP contribution < -0.4 is 11.2 Å². The van der Waals surface area contributed by atoms with E-state index in [0.29, 0.717) is 5.92 Å². The van der Waals surface area contributed by atoms with Gasteiger partial charge in [-0.15, -0.1) is 0 Å². The van der Waals surface area contributed by atoms with E-state index in [1.165, 1.54) is 0 Å². The van der Waals surface area contributed by atoms with E-state index in [9.17, 15) is 4.79 Å². The quantitative estimate of drug-likeness (QED) is 0.433. The first kappa shape index (κ1) is 8.94. The van der Waals surface area contributed by atoms with Crippen molar-refractivity contribution in [3.8, 4) is 0 Å². The van der Waals surface area contributed by atoms with Gasteiger partial charge in [-0.1, -0.05) is 13.8 Å². The summed E-state index contributed by atoms with van der Waals surface area (Å²) in [6, 6.07) is -0.625. The first-order valence-corrected chi connectivity index (χ1v) is 3.13. The lowest BCUT2D eigenvalue weighted by Crippen LogP contribution is -2.26. The summed E-state index contributed by atoms with van der Waals surface area (Å²) in [7, 11) is 0. The van der Waals surface area contributed by atoms with Crippen LogP contribution in [0.5, 0.6) is 0 Å². The highest BCUT2D eigenvalue weighted by Crippen LogP contribution is 1.93. The molecule has 0 aliphatic carbocycles. The van der Waals surface area contributed by atoms with Crippen LogP contribution in [0.1, 0.15) is 20.8 Å². The van der Waals surface area contributed by atoms with Crippen molar-refractivity contribution < 1.29 is 4.79 Å². The molecule has 2 amide bonds. The molecule has 0 bridgehead atoms. The van der Waals surface area contributed by atoms with E-state index in [-0.39, 0.29) is 0 Å². The molecule has 4 nitrogen and oxygen atoms in total. The molecule has 0 saturated carbocycles. The van der Waals surface area contributed by atoms with E-state index in [0.717, 1.165) is 5.71 Å². The van der Waals surface area contributed by atoms with E-state index < -0.39 is 6.03 Å². The zero-order valence-electron chi connectivity index (χ0n) is 6.51. The van der Waals surface area contributed by atoms with Crippen molar-refractivity contribution in [1.29, 1.82) is 0 Å². The van der Waals surface area contributed by atoms with Crippen molar-refractivity contribution in [2.45, 2.75) is 20.8 Å². The molecule has 0 atom stereocenters. The topological polar surface area (TPSA) is 67.5 Å². The lowest BCUT2D eigenvalue weighted by molar-refractivity contribution is 0.249. The van der Waals surface area contributed by atoms with Gasteiger partial charge in [0.05, 0.1) is 0 Å². The number of nitrogens with one attached hydrogen (secondary N) is 1. The van der Waals surface area contributed by atoms with Crippen molar-refractivity contribution in [1.82, 2.24) is 5.43 Å². The molecule has 0 saturated heterocycles. The van der Waals surface area contributed by atoms with Crippen LogP contribution in [0.4, 0.5) is 4.79 Å². The Morgan fingerprint density at radius 1 is 1.60 bits per heavy atom. The number of hydrogen-bond donors (Lipinski definition) is 2. The number of nitrogens with zero attached hydrogens (tertiary/aromatic N) is 1. The molecule has 0 aromatic heterocycles. The normalized spacial score (nSPS) is 11.8. The zero-order chi connectivity index (χ0) is 8.15. The molecular formula is C6H13N3O. The third-order valence-electron chi connectivity index (χ3n) is 1.18. The Balaban J connectivity index is 3.80. The van der Waals surface area contributed by atoms with Gasteiger partial charge in [-0.2, -0.15) is 5.10 Å². The summed E-state index contributed by atoms with van der Waals surface area (Å²) in [5, 5.41) is 3.72. The molecule has 0 radical (unpaired) electrons. The summed E-state index contributed by atoms with van der Waals surface area (Å²) >= 11 is 0. The van der Waals surface area contributed by atoms with Crippen LogP contribution in [0.25, 0.3) is 0 Å². The maximum absolute atomic E-state index is 10.1. The van der Waals surface area contributed by atoms with Crippen molar-refractivity contribution >= 4 is 11.7 Å². The number of rotatable bonds is 2. The number of nitrogens with two attached hydrogens (primary N) is 1. The van der Waals surface area contributed by atoms with Crippen molar-refractivity contribution in [2.24, 2.45) is 16.8 Å². The minimum absolute atomic E-state index is 0.340. The Hall–Kier alpha value is -1.06. The van der Waals surface area contributed by atoms with Gasteiger partial charge in [0.1, 0.15) is 0 Å². The second kappa shape index (κ2) is 3.87. The summed E-state index contributed by atoms with van der Waals surface area (Å²) < 4.78 is 0. The Morgan fingerprint density at radius 3 is 2.40 bits per heavy atom. The Morgan fingerprint density at radius 2 is 2.10 bits per heavy atom. The van der Waals surface area contributed by atoms with Crippen molar-refractivity contribution in [3.05, 3.63) is 0 Å². The van der Waals surface area contributed by atoms with Crippen LogP contribution in [0, 0.1) is 5.92 Å². The monoisotopic (exact) mass is 143 g/mol. The molecule has 4 heteroatoms. The second-order valence-electron chi connectivity index (χ2n) is 2.38. The maximum Gasteiger partial charge on any atom is 0.332 e. The van der Waals surface area contributed by atoms with Crippen LogP contribution in [0.3, 0.4) is 0 Å². The zero-order valence-corrected chi connectivity index (χ0v) is 6.51. The molecule has 0 unspecified atom stereocenters. The molecule has 10 heavy (non-hydrogen) atoms. The van der Waals surface area contributed by atoms with Gasteiger partial charge in [0, 0.05) is 5.71 Å². The van der Waals surface area contributed by atoms with Crippen molar-refractivity contribution in [2.75, 3.05) is 0 Å². The van der Waals surface area contributed by atoms with Crippen LogP contribution in [-0.4, -0.2) is 11.7 Å². The Labute approximate surface area is 60.5 Å². The van der Waals surface area contributed by atoms with Gasteiger partial charge in [-0.05, 0) is 12.8 Å². The molecule has 0 fully saturated rings. The fourth-order valence-corrected chi connectivity index (χ4v) is 0.272. The highest BCUT2D eigenvalue weighted by molar-refractivity contribution is 5.85. The molecular weight excluding hydrogens is 130 g/mol. The molecule has 0 aromatic carbocycles. The molecule has 0 spiro atoms. The summed E-state index contributed by atoms with van der Waals surface area (Å²) in [4.78, 5) is 10.1. The standard InChI is InChI=1S/C6H13N3O/c1-4(2)5(3)8-9-6(7)10/h4H,1-3H3,(H3,7,9,10)/b8-5+. The first-order valence-electron chi connectivity index (χ1n) is 3.13. The average Bonchev–Trinajstić information content (AvgIpc) is 1.82. The fraction of sp³-hybridized carbons (Fsp3) is 0.667. The number of urea groups is 1. The molecule has 0 aromatic rings. The highest BCUT2D eigenvalue weighted by Gasteiger charge is 1.96. The SMILES string of the molecule is C/C(=N\NC(N)=O)C(C)C. The molecule has 3 N–H and O–H groups in total. The number of carbonyl (C=O) groups excluding carboxylic acids is 1. The molecule has 0 heterocycles. The maximum atomic E-state index is 10.1. The minimum atomic E-state index is -0.625. The molecule has 0 aliphatic rings. The van der Waals surface area contributed by atoms with Gasteiger partial charge >= 0.3 is 6.03 Å². The smallest absolute Gasteiger partial charge is 0.332 e. The van der Waals surface area contributed by atoms with E-state index in [4.69, 9.17) is 5.73 Å². The van der Waals surface area contributed by atoms with Crippen LogP contribution in [0.15, 0.2) is 5.10 Å². The number of primary amides is 1. The largest absolute Gasteiger partial charge is 0.350 e. The first-order chi connectivity index (χ1) is 4.54. The lowest BCUT2D eigenvalue weighted by atomic mass is 10.1. The molecule has 0 aliphatic heterocycles. The Bertz CT molecular complexity index is 151. The predicted octanol–water partition coefficient (Wildman–Crippen LogP) is 0.687. The van der Waals surface area contributed by atoms with E-state index in [1.807, 2.05) is 20.8 Å². The number of carbonyl (C=O) groups is 1. The number of hydrazone groups is 1. The predicted molar refractivity (Wildman–Crippen MR) is 40.7 cm³/mol. The van der Waals surface area contributed by atoms with Gasteiger partial charge in [-0.25, -0.2) is 10.2 Å². The minimum Gasteiger partial charge on any atom is -0.350 e. The van der Waals surface area contributed by atoms with E-state index in [2.05, 4.69) is 10.5 Å². The van der Waals surface area contributed by atoms with E-state index in [1.54, 1.807) is 0 Å². The van der Waals surface area contributed by atoms with Crippen LogP contribution in [0.2, 0.25) is 0 Å². The van der Waals surface area contributed by atoms with E-state index >= 15 is 0 Å². The third-order valence-corrected chi connectivity index (χ3v) is 1.18. The molecule has 58 valence electrons. The fourth-order valence-electron chi connectivity index (χ4n) is 0.272. The molecule has 0 rings (SSSR count). The highest BCUT2D eigenvalue weighted by atomic mass is 16.2. The number of amides is 2. The number of hydrogen-bond acceptors (Lipinski definition) is 2. The summed E-state index contributed by atoms with van der Waals surface area (Å²) in [5.41, 5.74) is 7.80. The van der Waals surface area contributed by atoms with Gasteiger partial charge in [0.2, 0.25) is 0 Å². The summed E-state index contributed by atoms with van der Waals surface area (Å²) in [6.07, 6.45) is 0. The summed E-state index contributed by atoms with van der Waals surface area (Å²) in [6.45, 7) is 5.81.